The molecule has 0 aliphatic carbocycles. The number of fused-ring (bicyclic) bond motifs is 1. The minimum atomic E-state index is -4.71. The number of pyridine rings is 1. The Balaban J connectivity index is 2.22. The zero-order chi connectivity index (χ0) is 19.8. The Kier molecular flexibility index (Phi) is 4.75. The van der Waals surface area contributed by atoms with E-state index in [9.17, 15) is 18.0 Å². The second kappa shape index (κ2) is 6.88. The van der Waals surface area contributed by atoms with Crippen molar-refractivity contribution < 1.29 is 27.8 Å². The third kappa shape index (κ3) is 3.56. The summed E-state index contributed by atoms with van der Waals surface area (Å²) in [6.07, 6.45) is -3.04. The van der Waals surface area contributed by atoms with E-state index in [4.69, 9.17) is 15.6 Å². The van der Waals surface area contributed by atoms with Gasteiger partial charge in [-0.2, -0.15) is 18.3 Å². The summed E-state index contributed by atoms with van der Waals surface area (Å²) < 4.78 is 45.6. The molecule has 2 heterocycles. The number of amides is 1. The monoisotopic (exact) mass is 380 g/mol. The van der Waals surface area contributed by atoms with Gasteiger partial charge < -0.3 is 15.6 Å². The summed E-state index contributed by atoms with van der Waals surface area (Å²) in [5.41, 5.74) is 4.56. The Morgan fingerprint density at radius 2 is 2.04 bits per heavy atom. The van der Waals surface area contributed by atoms with Gasteiger partial charge in [0.1, 0.15) is 17.1 Å². The molecule has 2 aromatic heterocycles. The van der Waals surface area contributed by atoms with Crippen LogP contribution in [0.2, 0.25) is 0 Å². The first kappa shape index (κ1) is 18.6. The van der Waals surface area contributed by atoms with Gasteiger partial charge in [0.05, 0.1) is 25.8 Å². The number of alkyl halides is 3. The van der Waals surface area contributed by atoms with E-state index >= 15 is 0 Å². The van der Waals surface area contributed by atoms with Crippen molar-refractivity contribution in [1.82, 2.24) is 14.8 Å². The van der Waals surface area contributed by atoms with Crippen molar-refractivity contribution in [3.63, 3.8) is 0 Å². The fourth-order valence-electron chi connectivity index (χ4n) is 2.72. The number of benzene rings is 1. The third-order valence-electron chi connectivity index (χ3n) is 3.91. The Labute approximate surface area is 151 Å². The maximum absolute atomic E-state index is 12.9. The van der Waals surface area contributed by atoms with Crippen molar-refractivity contribution in [1.29, 1.82) is 0 Å². The molecule has 142 valence electrons. The van der Waals surface area contributed by atoms with E-state index in [1.807, 2.05) is 0 Å². The quantitative estimate of drug-likeness (QED) is 0.706. The number of carbonyl (C=O) groups is 1. The van der Waals surface area contributed by atoms with E-state index in [1.54, 1.807) is 18.3 Å². The zero-order valence-electron chi connectivity index (χ0n) is 14.1. The van der Waals surface area contributed by atoms with Gasteiger partial charge >= 0.3 is 6.18 Å². The number of nitrogens with zero attached hydrogens (tertiary/aromatic N) is 3. The van der Waals surface area contributed by atoms with E-state index in [1.165, 1.54) is 11.8 Å². The van der Waals surface area contributed by atoms with Crippen LogP contribution in [0.3, 0.4) is 0 Å². The highest BCUT2D eigenvalue weighted by molar-refractivity contribution is 6.00. The minimum Gasteiger partial charge on any atom is -0.496 e. The molecule has 7 nitrogen and oxygen atoms in total. The Hall–Kier alpha value is -3.14. The lowest BCUT2D eigenvalue weighted by Crippen LogP contribution is -2.18. The van der Waals surface area contributed by atoms with Crippen molar-refractivity contribution in [3.8, 4) is 16.9 Å². The predicted molar refractivity (Wildman–Crippen MR) is 90.1 cm³/mol. The number of aliphatic hydroxyl groups excluding tert-OH is 1. The molecule has 3 rings (SSSR count). The number of primary amides is 1. The molecular weight excluding hydrogens is 365 g/mol. The molecular formula is C17H15F3N4O3. The van der Waals surface area contributed by atoms with Crippen molar-refractivity contribution in [3.05, 3.63) is 41.9 Å². The van der Waals surface area contributed by atoms with Crippen LogP contribution in [0.25, 0.3) is 22.0 Å². The number of aliphatic hydroxyl groups is 1. The normalized spacial score (nSPS) is 11.7. The summed E-state index contributed by atoms with van der Waals surface area (Å²) in [6.45, 7) is 0.174. The van der Waals surface area contributed by atoms with Gasteiger partial charge in [-0.1, -0.05) is 0 Å². The van der Waals surface area contributed by atoms with Crippen LogP contribution in [0, 0.1) is 0 Å². The molecule has 0 saturated carbocycles. The van der Waals surface area contributed by atoms with Crippen LogP contribution < -0.4 is 10.5 Å². The average molecular weight is 380 g/mol. The van der Waals surface area contributed by atoms with Gasteiger partial charge in [-0.15, -0.1) is 0 Å². The largest absolute Gasteiger partial charge is 0.496 e. The van der Waals surface area contributed by atoms with Crippen LogP contribution in [0.4, 0.5) is 13.2 Å². The second-order valence-corrected chi connectivity index (χ2v) is 5.68. The molecule has 1 aromatic carbocycles. The molecule has 1 amide bonds. The van der Waals surface area contributed by atoms with Gasteiger partial charge in [0.25, 0.3) is 5.91 Å². The fourth-order valence-corrected chi connectivity index (χ4v) is 2.72. The van der Waals surface area contributed by atoms with Crippen LogP contribution in [-0.2, 0) is 12.7 Å². The maximum atomic E-state index is 12.9. The smallest absolute Gasteiger partial charge is 0.433 e. The van der Waals surface area contributed by atoms with E-state index in [0.29, 0.717) is 22.2 Å². The molecule has 3 N–H and O–H groups in total. The number of hydrogen-bond donors (Lipinski definition) is 2. The molecule has 0 radical (unpaired) electrons. The summed E-state index contributed by atoms with van der Waals surface area (Å²) in [7, 11) is 1.39. The van der Waals surface area contributed by atoms with E-state index in [0.717, 1.165) is 12.1 Å². The first-order valence-electron chi connectivity index (χ1n) is 7.79. The second-order valence-electron chi connectivity index (χ2n) is 5.68. The lowest BCUT2D eigenvalue weighted by atomic mass is 10.00. The first-order chi connectivity index (χ1) is 12.7. The Bertz CT molecular complexity index is 1010. The summed E-state index contributed by atoms with van der Waals surface area (Å²) in [5.74, 6) is -0.796. The molecule has 3 aromatic rings. The van der Waals surface area contributed by atoms with Gasteiger partial charge in [0, 0.05) is 28.8 Å². The predicted octanol–water partition coefficient (Wildman–Crippen LogP) is 2.22. The van der Waals surface area contributed by atoms with Crippen LogP contribution in [0.15, 0.2) is 30.5 Å². The van der Waals surface area contributed by atoms with Crippen LogP contribution in [0.1, 0.15) is 16.2 Å². The lowest BCUT2D eigenvalue weighted by Gasteiger charge is -2.13. The third-order valence-corrected chi connectivity index (χ3v) is 3.91. The molecule has 0 unspecified atom stereocenters. The van der Waals surface area contributed by atoms with Gasteiger partial charge in [-0.05, 0) is 18.2 Å². The van der Waals surface area contributed by atoms with Crippen LogP contribution in [-0.4, -0.2) is 39.5 Å². The highest BCUT2D eigenvalue weighted by Gasteiger charge is 2.34. The number of carbonyl (C=O) groups excluding carboxylic acids is 1. The molecule has 0 saturated heterocycles. The standard InChI is InChI=1S/C17H15F3N4O3/c1-27-13-7-12-9(8-24(23-12)4-5-25)6-11(13)10-2-3-14(17(18,19)20)22-15(10)16(21)26/h2-3,6-8,25H,4-5H2,1H3,(H2,21,26). The van der Waals surface area contributed by atoms with E-state index in [2.05, 4.69) is 10.1 Å². The van der Waals surface area contributed by atoms with E-state index < -0.39 is 23.5 Å². The average Bonchev–Trinajstić information content (AvgIpc) is 3.00. The van der Waals surface area contributed by atoms with Gasteiger partial charge in [-0.3, -0.25) is 9.48 Å². The van der Waals surface area contributed by atoms with Crippen molar-refractivity contribution in [2.24, 2.45) is 5.73 Å². The van der Waals surface area contributed by atoms with Crippen molar-refractivity contribution in [2.75, 3.05) is 13.7 Å². The van der Waals surface area contributed by atoms with Gasteiger partial charge in [0.2, 0.25) is 0 Å². The van der Waals surface area contributed by atoms with Crippen molar-refractivity contribution >= 4 is 16.8 Å². The molecule has 27 heavy (non-hydrogen) atoms. The first-order valence-corrected chi connectivity index (χ1v) is 7.79. The number of halogens is 3. The molecule has 0 aliphatic heterocycles. The number of hydrogen-bond acceptors (Lipinski definition) is 5. The van der Waals surface area contributed by atoms with E-state index in [-0.39, 0.29) is 18.7 Å². The minimum absolute atomic E-state index is 0.105. The molecule has 0 bridgehead atoms. The number of ether oxygens (including phenoxy) is 1. The Morgan fingerprint density at radius 3 is 2.63 bits per heavy atom. The van der Waals surface area contributed by atoms with Crippen molar-refractivity contribution in [2.45, 2.75) is 12.7 Å². The van der Waals surface area contributed by atoms with Crippen LogP contribution in [0.5, 0.6) is 5.75 Å². The SMILES string of the molecule is COc1cc2nn(CCO)cc2cc1-c1ccc(C(F)(F)F)nc1C(N)=O. The number of rotatable bonds is 5. The van der Waals surface area contributed by atoms with Gasteiger partial charge in [0.15, 0.2) is 0 Å². The number of methoxy groups -OCH3 is 1. The molecule has 0 aliphatic rings. The maximum Gasteiger partial charge on any atom is 0.433 e. The lowest BCUT2D eigenvalue weighted by molar-refractivity contribution is -0.141. The summed E-state index contributed by atoms with van der Waals surface area (Å²) in [6, 6.07) is 5.12. The highest BCUT2D eigenvalue weighted by atomic mass is 19.4. The summed E-state index contributed by atoms with van der Waals surface area (Å²) in [4.78, 5) is 15.1. The molecule has 0 fully saturated rings. The van der Waals surface area contributed by atoms with Gasteiger partial charge in [-0.25, -0.2) is 4.98 Å². The molecule has 0 spiro atoms. The number of aromatic nitrogens is 3. The van der Waals surface area contributed by atoms with Crippen LogP contribution >= 0.6 is 0 Å². The zero-order valence-corrected chi connectivity index (χ0v) is 14.1. The summed E-state index contributed by atoms with van der Waals surface area (Å²) >= 11 is 0. The Morgan fingerprint density at radius 1 is 1.30 bits per heavy atom. The molecule has 0 atom stereocenters. The fraction of sp³-hybridized carbons (Fsp3) is 0.235. The topological polar surface area (TPSA) is 103 Å². The summed E-state index contributed by atoms with van der Waals surface area (Å²) in [5, 5.41) is 13.9. The highest BCUT2D eigenvalue weighted by Crippen LogP contribution is 2.37. The number of nitrogens with two attached hydrogens (primary N) is 1. The molecule has 10 heteroatoms.